The summed E-state index contributed by atoms with van der Waals surface area (Å²) in [6, 6.07) is 2.95. The maximum absolute atomic E-state index is 12.5. The molecule has 1 aromatic rings. The number of rotatable bonds is 3. The normalized spacial score (nSPS) is 19.0. The monoisotopic (exact) mass is 376 g/mol. The molecular formula is C13H17BrN2O4S. The summed E-state index contributed by atoms with van der Waals surface area (Å²) in [6.07, 6.45) is 0.803. The summed E-state index contributed by atoms with van der Waals surface area (Å²) in [5, 5.41) is 5.20. The molecule has 0 saturated carbocycles. The minimum absolute atomic E-state index is 0.0283. The molecule has 0 spiro atoms. The second-order valence-electron chi connectivity index (χ2n) is 5.02. The molecule has 0 bridgehead atoms. The highest BCUT2D eigenvalue weighted by Crippen LogP contribution is 2.26. The van der Waals surface area contributed by atoms with Gasteiger partial charge in [0.25, 0.3) is 5.91 Å². The van der Waals surface area contributed by atoms with E-state index in [4.69, 9.17) is 9.88 Å². The van der Waals surface area contributed by atoms with Crippen molar-refractivity contribution in [2.75, 3.05) is 20.2 Å². The van der Waals surface area contributed by atoms with E-state index in [0.29, 0.717) is 28.7 Å². The average Bonchev–Trinajstić information content (AvgIpc) is 2.88. The average molecular weight is 377 g/mol. The van der Waals surface area contributed by atoms with Crippen molar-refractivity contribution in [3.63, 3.8) is 0 Å². The van der Waals surface area contributed by atoms with E-state index in [9.17, 15) is 13.2 Å². The second kappa shape index (κ2) is 6.04. The van der Waals surface area contributed by atoms with Crippen molar-refractivity contribution in [3.8, 4) is 0 Å². The van der Waals surface area contributed by atoms with Gasteiger partial charge in [-0.25, -0.2) is 13.6 Å². The van der Waals surface area contributed by atoms with Crippen LogP contribution in [0.1, 0.15) is 22.3 Å². The van der Waals surface area contributed by atoms with Crippen LogP contribution in [-0.4, -0.2) is 45.5 Å². The first-order valence-corrected chi connectivity index (χ1v) is 8.73. The molecule has 116 valence electrons. The number of nitrogens with two attached hydrogens (primary N) is 1. The molecule has 1 fully saturated rings. The minimum atomic E-state index is -3.88. The van der Waals surface area contributed by atoms with Crippen LogP contribution in [0.3, 0.4) is 0 Å². The third kappa shape index (κ3) is 3.45. The Morgan fingerprint density at radius 1 is 1.48 bits per heavy atom. The van der Waals surface area contributed by atoms with Crippen LogP contribution in [0.2, 0.25) is 0 Å². The topological polar surface area (TPSA) is 89.7 Å². The van der Waals surface area contributed by atoms with E-state index in [1.807, 2.05) is 0 Å². The highest BCUT2D eigenvalue weighted by molar-refractivity contribution is 9.10. The van der Waals surface area contributed by atoms with E-state index in [1.54, 1.807) is 25.0 Å². The lowest BCUT2D eigenvalue weighted by Crippen LogP contribution is -2.30. The molecule has 0 aliphatic carbocycles. The van der Waals surface area contributed by atoms with Crippen molar-refractivity contribution in [1.82, 2.24) is 4.90 Å². The molecular weight excluding hydrogens is 360 g/mol. The van der Waals surface area contributed by atoms with Gasteiger partial charge in [0.15, 0.2) is 0 Å². The summed E-state index contributed by atoms with van der Waals surface area (Å²) < 4.78 is 29.0. The van der Waals surface area contributed by atoms with E-state index in [2.05, 4.69) is 15.9 Å². The molecule has 1 saturated heterocycles. The van der Waals surface area contributed by atoms with Gasteiger partial charge in [0, 0.05) is 30.2 Å². The predicted octanol–water partition coefficient (Wildman–Crippen LogP) is 1.27. The fourth-order valence-electron chi connectivity index (χ4n) is 2.36. The molecule has 1 heterocycles. The number of carbonyl (C=O) groups is 1. The van der Waals surface area contributed by atoms with Gasteiger partial charge >= 0.3 is 0 Å². The molecule has 6 nitrogen and oxygen atoms in total. The number of halogens is 1. The molecule has 0 radical (unpaired) electrons. The van der Waals surface area contributed by atoms with Gasteiger partial charge in [-0.2, -0.15) is 0 Å². The maximum Gasteiger partial charge on any atom is 0.254 e. The van der Waals surface area contributed by atoms with Gasteiger partial charge in [-0.1, -0.05) is 15.9 Å². The molecule has 1 aromatic carbocycles. The molecule has 1 aliphatic rings. The molecule has 1 aliphatic heterocycles. The van der Waals surface area contributed by atoms with Gasteiger partial charge in [-0.15, -0.1) is 0 Å². The van der Waals surface area contributed by atoms with E-state index < -0.39 is 10.0 Å². The van der Waals surface area contributed by atoms with Gasteiger partial charge in [-0.05, 0) is 31.0 Å². The van der Waals surface area contributed by atoms with Gasteiger partial charge in [0.1, 0.15) is 0 Å². The minimum Gasteiger partial charge on any atom is -0.380 e. The van der Waals surface area contributed by atoms with Crippen LogP contribution in [0.15, 0.2) is 21.5 Å². The van der Waals surface area contributed by atoms with Crippen molar-refractivity contribution in [1.29, 1.82) is 0 Å². The number of hydrogen-bond acceptors (Lipinski definition) is 4. The predicted molar refractivity (Wildman–Crippen MR) is 81.6 cm³/mol. The number of amides is 1. The molecule has 0 aromatic heterocycles. The van der Waals surface area contributed by atoms with E-state index in [0.717, 1.165) is 6.42 Å². The zero-order valence-corrected chi connectivity index (χ0v) is 14.2. The molecule has 21 heavy (non-hydrogen) atoms. The lowest BCUT2D eigenvalue weighted by molar-refractivity contribution is 0.0724. The van der Waals surface area contributed by atoms with Crippen LogP contribution in [-0.2, 0) is 14.8 Å². The molecule has 8 heteroatoms. The van der Waals surface area contributed by atoms with E-state index >= 15 is 0 Å². The van der Waals surface area contributed by atoms with Gasteiger partial charge < -0.3 is 9.64 Å². The van der Waals surface area contributed by atoms with Crippen molar-refractivity contribution < 1.29 is 17.9 Å². The first-order valence-electron chi connectivity index (χ1n) is 6.39. The Balaban J connectivity index is 2.37. The van der Waals surface area contributed by atoms with Crippen LogP contribution in [0.25, 0.3) is 0 Å². The molecule has 1 amide bonds. The standard InChI is InChI=1S/C13H17BrN2O4S/c1-8-11(14)5-9(6-12(8)21(15,18)19)13(17)16-4-3-10(7-16)20-2/h5-6,10H,3-4,7H2,1-2H3,(H2,15,18,19). The number of likely N-dealkylation sites (tertiary alicyclic amines) is 1. The summed E-state index contributed by atoms with van der Waals surface area (Å²) in [5.41, 5.74) is 0.790. The lowest BCUT2D eigenvalue weighted by Gasteiger charge is -2.17. The molecule has 2 rings (SSSR count). The third-order valence-electron chi connectivity index (χ3n) is 3.62. The largest absolute Gasteiger partial charge is 0.380 e. The number of benzene rings is 1. The van der Waals surface area contributed by atoms with E-state index in [1.165, 1.54) is 6.07 Å². The van der Waals surface area contributed by atoms with Crippen molar-refractivity contribution in [2.45, 2.75) is 24.3 Å². The number of sulfonamides is 1. The van der Waals surface area contributed by atoms with Crippen LogP contribution < -0.4 is 5.14 Å². The highest BCUT2D eigenvalue weighted by atomic mass is 79.9. The Kier molecular flexibility index (Phi) is 4.72. The van der Waals surface area contributed by atoms with Crippen LogP contribution in [0.4, 0.5) is 0 Å². The number of carbonyl (C=O) groups excluding carboxylic acids is 1. The number of ether oxygens (including phenoxy) is 1. The van der Waals surface area contributed by atoms with Crippen molar-refractivity contribution in [2.24, 2.45) is 5.14 Å². The van der Waals surface area contributed by atoms with Crippen LogP contribution >= 0.6 is 15.9 Å². The summed E-state index contributed by atoms with van der Waals surface area (Å²) in [6.45, 7) is 2.73. The Morgan fingerprint density at radius 3 is 2.67 bits per heavy atom. The number of methoxy groups -OCH3 is 1. The summed E-state index contributed by atoms with van der Waals surface area (Å²) in [5.74, 6) is -0.222. The zero-order chi connectivity index (χ0) is 15.8. The quantitative estimate of drug-likeness (QED) is 0.859. The Hall–Kier alpha value is -0.960. The SMILES string of the molecule is COC1CCN(C(=O)c2cc(Br)c(C)c(S(N)(=O)=O)c2)C1. The Bertz CT molecular complexity index is 675. The van der Waals surface area contributed by atoms with Gasteiger partial charge in [0.2, 0.25) is 10.0 Å². The maximum atomic E-state index is 12.5. The summed E-state index contributed by atoms with van der Waals surface area (Å²) in [7, 11) is -2.27. The second-order valence-corrected chi connectivity index (χ2v) is 7.41. The van der Waals surface area contributed by atoms with Gasteiger partial charge in [-0.3, -0.25) is 4.79 Å². The number of nitrogens with zero attached hydrogens (tertiary/aromatic N) is 1. The first kappa shape index (κ1) is 16.4. The Labute approximate surface area is 132 Å². The first-order chi connectivity index (χ1) is 9.74. The Morgan fingerprint density at radius 2 is 2.14 bits per heavy atom. The molecule has 2 N–H and O–H groups in total. The number of hydrogen-bond donors (Lipinski definition) is 1. The van der Waals surface area contributed by atoms with Gasteiger partial charge in [0.05, 0.1) is 11.0 Å². The fraction of sp³-hybridized carbons (Fsp3) is 0.462. The van der Waals surface area contributed by atoms with Crippen LogP contribution in [0, 0.1) is 6.92 Å². The smallest absolute Gasteiger partial charge is 0.254 e. The number of primary sulfonamides is 1. The van der Waals surface area contributed by atoms with Crippen molar-refractivity contribution >= 4 is 31.9 Å². The van der Waals surface area contributed by atoms with E-state index in [-0.39, 0.29) is 16.9 Å². The third-order valence-corrected chi connectivity index (χ3v) is 5.48. The zero-order valence-electron chi connectivity index (χ0n) is 11.8. The van der Waals surface area contributed by atoms with Crippen molar-refractivity contribution in [3.05, 3.63) is 27.7 Å². The highest BCUT2D eigenvalue weighted by Gasteiger charge is 2.28. The fourth-order valence-corrected chi connectivity index (χ4v) is 3.78. The molecule has 1 atom stereocenters. The van der Waals surface area contributed by atoms with Crippen LogP contribution in [0.5, 0.6) is 0 Å². The molecule has 1 unspecified atom stereocenters. The summed E-state index contributed by atoms with van der Waals surface area (Å²) >= 11 is 3.28. The summed E-state index contributed by atoms with van der Waals surface area (Å²) in [4.78, 5) is 14.1. The lowest BCUT2D eigenvalue weighted by atomic mass is 10.1.